The Balaban J connectivity index is 1.81. The minimum atomic E-state index is -0.119. The van der Waals surface area contributed by atoms with Crippen LogP contribution in [0, 0.1) is 6.92 Å². The minimum Gasteiger partial charge on any atom is -0.385 e. The van der Waals surface area contributed by atoms with Crippen LogP contribution in [-0.2, 0) is 13.5 Å². The Morgan fingerprint density at radius 2 is 2.30 bits per heavy atom. The average molecular weight is 270 g/mol. The molecule has 104 valence electrons. The van der Waals surface area contributed by atoms with Crippen LogP contribution in [0.4, 0.5) is 11.4 Å². The molecule has 5 nitrogen and oxygen atoms in total. The Morgan fingerprint density at radius 1 is 1.45 bits per heavy atom. The lowest BCUT2D eigenvalue weighted by molar-refractivity contribution is 0.102. The van der Waals surface area contributed by atoms with Gasteiger partial charge in [-0.25, -0.2) is 0 Å². The molecule has 0 bridgehead atoms. The van der Waals surface area contributed by atoms with E-state index >= 15 is 0 Å². The van der Waals surface area contributed by atoms with Crippen molar-refractivity contribution in [3.05, 3.63) is 41.2 Å². The van der Waals surface area contributed by atoms with Crippen LogP contribution >= 0.6 is 0 Å². The molecular weight excluding hydrogens is 252 g/mol. The van der Waals surface area contributed by atoms with Crippen LogP contribution in [0.15, 0.2) is 24.4 Å². The second-order valence-electron chi connectivity index (χ2n) is 5.16. The van der Waals surface area contributed by atoms with E-state index in [1.165, 1.54) is 5.56 Å². The second-order valence-corrected chi connectivity index (χ2v) is 5.16. The van der Waals surface area contributed by atoms with E-state index in [-0.39, 0.29) is 5.91 Å². The highest BCUT2D eigenvalue weighted by molar-refractivity contribution is 6.05. The Kier molecular flexibility index (Phi) is 3.18. The van der Waals surface area contributed by atoms with E-state index in [4.69, 9.17) is 0 Å². The van der Waals surface area contributed by atoms with Crippen molar-refractivity contribution in [1.82, 2.24) is 9.78 Å². The summed E-state index contributed by atoms with van der Waals surface area (Å²) in [5.74, 6) is -0.119. The van der Waals surface area contributed by atoms with Crippen LogP contribution in [0.5, 0.6) is 0 Å². The third-order valence-corrected chi connectivity index (χ3v) is 3.56. The fourth-order valence-corrected chi connectivity index (χ4v) is 2.56. The molecule has 20 heavy (non-hydrogen) atoms. The SMILES string of the molecule is Cc1nn(C)cc1C(=O)Nc1ccc2c(c1)NCCC2. The lowest BCUT2D eigenvalue weighted by atomic mass is 10.0. The molecule has 2 N–H and O–H groups in total. The number of hydrogen-bond donors (Lipinski definition) is 2. The molecule has 0 saturated carbocycles. The van der Waals surface area contributed by atoms with Gasteiger partial charge < -0.3 is 10.6 Å². The fourth-order valence-electron chi connectivity index (χ4n) is 2.56. The molecule has 1 aromatic heterocycles. The van der Waals surface area contributed by atoms with Gasteiger partial charge in [-0.1, -0.05) is 6.07 Å². The standard InChI is InChI=1S/C15H18N4O/c1-10-13(9-19(2)18-10)15(20)17-12-6-5-11-4-3-7-16-14(11)8-12/h5-6,8-9,16H,3-4,7H2,1-2H3,(H,17,20). The summed E-state index contributed by atoms with van der Waals surface area (Å²) in [5, 5.41) is 10.5. The molecular formula is C15H18N4O. The predicted octanol–water partition coefficient (Wildman–Crippen LogP) is 2.34. The summed E-state index contributed by atoms with van der Waals surface area (Å²) in [4.78, 5) is 12.2. The first kappa shape index (κ1) is 12.7. The molecule has 1 aliphatic rings. The van der Waals surface area contributed by atoms with E-state index in [9.17, 15) is 4.79 Å². The molecule has 0 fully saturated rings. The number of anilines is 2. The van der Waals surface area contributed by atoms with Gasteiger partial charge in [-0.05, 0) is 37.5 Å². The van der Waals surface area contributed by atoms with Crippen molar-refractivity contribution in [3.8, 4) is 0 Å². The summed E-state index contributed by atoms with van der Waals surface area (Å²) < 4.78 is 1.65. The van der Waals surface area contributed by atoms with Crippen LogP contribution < -0.4 is 10.6 Å². The van der Waals surface area contributed by atoms with Crippen LogP contribution in [-0.4, -0.2) is 22.2 Å². The average Bonchev–Trinajstić information content (AvgIpc) is 2.78. The van der Waals surface area contributed by atoms with Gasteiger partial charge in [-0.15, -0.1) is 0 Å². The number of nitrogens with zero attached hydrogens (tertiary/aromatic N) is 2. The van der Waals surface area contributed by atoms with E-state index in [1.54, 1.807) is 10.9 Å². The molecule has 0 aliphatic carbocycles. The molecule has 2 heterocycles. The van der Waals surface area contributed by atoms with Gasteiger partial charge in [-0.3, -0.25) is 9.48 Å². The molecule has 0 spiro atoms. The highest BCUT2D eigenvalue weighted by atomic mass is 16.1. The van der Waals surface area contributed by atoms with Gasteiger partial charge in [0.2, 0.25) is 0 Å². The highest BCUT2D eigenvalue weighted by Crippen LogP contribution is 2.25. The summed E-state index contributed by atoms with van der Waals surface area (Å²) in [6.07, 6.45) is 3.99. The third-order valence-electron chi connectivity index (χ3n) is 3.56. The van der Waals surface area contributed by atoms with Gasteiger partial charge >= 0.3 is 0 Å². The van der Waals surface area contributed by atoms with E-state index < -0.39 is 0 Å². The van der Waals surface area contributed by atoms with Crippen molar-refractivity contribution in [3.63, 3.8) is 0 Å². The molecule has 0 saturated heterocycles. The van der Waals surface area contributed by atoms with Crippen molar-refractivity contribution in [2.45, 2.75) is 19.8 Å². The molecule has 5 heteroatoms. The number of hydrogen-bond acceptors (Lipinski definition) is 3. The molecule has 3 rings (SSSR count). The minimum absolute atomic E-state index is 0.119. The zero-order valence-corrected chi connectivity index (χ0v) is 11.7. The first-order valence-corrected chi connectivity index (χ1v) is 6.82. The summed E-state index contributed by atoms with van der Waals surface area (Å²) in [7, 11) is 1.81. The van der Waals surface area contributed by atoms with E-state index in [0.717, 1.165) is 36.5 Å². The maximum absolute atomic E-state index is 12.2. The van der Waals surface area contributed by atoms with Crippen LogP contribution in [0.25, 0.3) is 0 Å². The van der Waals surface area contributed by atoms with E-state index in [2.05, 4.69) is 21.8 Å². The van der Waals surface area contributed by atoms with Gasteiger partial charge in [0, 0.05) is 31.2 Å². The third kappa shape index (κ3) is 2.39. The number of aromatic nitrogens is 2. The fraction of sp³-hybridized carbons (Fsp3) is 0.333. The van der Waals surface area contributed by atoms with Crippen molar-refractivity contribution in [2.75, 3.05) is 17.2 Å². The summed E-state index contributed by atoms with van der Waals surface area (Å²) in [6, 6.07) is 6.03. The van der Waals surface area contributed by atoms with Crippen molar-refractivity contribution in [2.24, 2.45) is 7.05 Å². The smallest absolute Gasteiger partial charge is 0.259 e. The lowest BCUT2D eigenvalue weighted by Crippen LogP contribution is -2.15. The predicted molar refractivity (Wildman–Crippen MR) is 79.2 cm³/mol. The normalized spacial score (nSPS) is 13.5. The summed E-state index contributed by atoms with van der Waals surface area (Å²) >= 11 is 0. The van der Waals surface area contributed by atoms with Crippen LogP contribution in [0.3, 0.4) is 0 Å². The maximum atomic E-state index is 12.2. The van der Waals surface area contributed by atoms with Gasteiger partial charge in [-0.2, -0.15) is 5.10 Å². The molecule has 1 aliphatic heterocycles. The Hall–Kier alpha value is -2.30. The monoisotopic (exact) mass is 270 g/mol. The largest absolute Gasteiger partial charge is 0.385 e. The van der Waals surface area contributed by atoms with Crippen molar-refractivity contribution < 1.29 is 4.79 Å². The Labute approximate surface area is 118 Å². The summed E-state index contributed by atoms with van der Waals surface area (Å²) in [5.41, 5.74) is 4.59. The number of fused-ring (bicyclic) bond motifs is 1. The second kappa shape index (κ2) is 5.00. The first-order valence-electron chi connectivity index (χ1n) is 6.82. The number of carbonyl (C=O) groups is 1. The van der Waals surface area contributed by atoms with Gasteiger partial charge in [0.25, 0.3) is 5.91 Å². The molecule has 1 amide bonds. The maximum Gasteiger partial charge on any atom is 0.259 e. The number of amides is 1. The number of carbonyl (C=O) groups excluding carboxylic acids is 1. The number of benzene rings is 1. The number of aryl methyl sites for hydroxylation is 3. The molecule has 1 aromatic carbocycles. The quantitative estimate of drug-likeness (QED) is 0.880. The van der Waals surface area contributed by atoms with Crippen LogP contribution in [0.2, 0.25) is 0 Å². The topological polar surface area (TPSA) is 59.0 Å². The van der Waals surface area contributed by atoms with Gasteiger partial charge in [0.1, 0.15) is 0 Å². The van der Waals surface area contributed by atoms with Gasteiger partial charge in [0.05, 0.1) is 11.3 Å². The van der Waals surface area contributed by atoms with Crippen molar-refractivity contribution >= 4 is 17.3 Å². The highest BCUT2D eigenvalue weighted by Gasteiger charge is 2.14. The van der Waals surface area contributed by atoms with Crippen molar-refractivity contribution in [1.29, 1.82) is 0 Å². The molecule has 0 unspecified atom stereocenters. The van der Waals surface area contributed by atoms with Gasteiger partial charge in [0.15, 0.2) is 0 Å². The first-order chi connectivity index (χ1) is 9.63. The summed E-state index contributed by atoms with van der Waals surface area (Å²) in [6.45, 7) is 2.83. The van der Waals surface area contributed by atoms with Crippen LogP contribution in [0.1, 0.15) is 28.0 Å². The zero-order chi connectivity index (χ0) is 14.1. The molecule has 0 radical (unpaired) electrons. The Morgan fingerprint density at radius 3 is 3.05 bits per heavy atom. The molecule has 0 atom stereocenters. The lowest BCUT2D eigenvalue weighted by Gasteiger charge is -2.18. The zero-order valence-electron chi connectivity index (χ0n) is 11.7. The Bertz CT molecular complexity index is 660. The van der Waals surface area contributed by atoms with E-state index in [1.807, 2.05) is 26.1 Å². The molecule has 2 aromatic rings. The number of rotatable bonds is 2. The number of nitrogens with one attached hydrogen (secondary N) is 2. The van der Waals surface area contributed by atoms with E-state index in [0.29, 0.717) is 5.56 Å².